The summed E-state index contributed by atoms with van der Waals surface area (Å²) < 4.78 is 25.3. The zero-order valence-corrected chi connectivity index (χ0v) is 16.1. The lowest BCUT2D eigenvalue weighted by Crippen LogP contribution is -2.57. The van der Waals surface area contributed by atoms with Crippen LogP contribution in [-0.4, -0.2) is 64.7 Å². The Kier molecular flexibility index (Phi) is 4.99. The molecule has 2 aromatic rings. The van der Waals surface area contributed by atoms with Gasteiger partial charge in [-0.05, 0) is 31.5 Å². The van der Waals surface area contributed by atoms with Crippen molar-refractivity contribution in [2.24, 2.45) is 4.99 Å². The van der Waals surface area contributed by atoms with Gasteiger partial charge in [-0.25, -0.2) is 18.1 Å². The van der Waals surface area contributed by atoms with Crippen LogP contribution in [0.2, 0.25) is 0 Å². The molecular weight excluding hydrogens is 352 g/mol. The van der Waals surface area contributed by atoms with Crippen molar-refractivity contribution < 1.29 is 8.42 Å². The van der Waals surface area contributed by atoms with E-state index in [4.69, 9.17) is 0 Å². The van der Waals surface area contributed by atoms with Crippen LogP contribution in [0.3, 0.4) is 0 Å². The maximum atomic E-state index is 12.2. The molecule has 1 fully saturated rings. The highest BCUT2D eigenvalue weighted by atomic mass is 32.2. The van der Waals surface area contributed by atoms with Crippen molar-refractivity contribution in [2.45, 2.75) is 25.1 Å². The number of aromatic nitrogens is 3. The van der Waals surface area contributed by atoms with Crippen LogP contribution >= 0.6 is 0 Å². The second-order valence-corrected chi connectivity index (χ2v) is 9.65. The van der Waals surface area contributed by atoms with E-state index in [0.29, 0.717) is 25.6 Å². The molecule has 0 bridgehead atoms. The Balaban J connectivity index is 1.68. The summed E-state index contributed by atoms with van der Waals surface area (Å²) >= 11 is 0. The molecule has 1 aliphatic heterocycles. The van der Waals surface area contributed by atoms with E-state index >= 15 is 0 Å². The van der Waals surface area contributed by atoms with Crippen LogP contribution in [0, 0.1) is 0 Å². The molecule has 1 aliphatic rings. The number of sulfone groups is 1. The minimum Gasteiger partial charge on any atom is -0.352 e. The van der Waals surface area contributed by atoms with Gasteiger partial charge >= 0.3 is 0 Å². The van der Waals surface area contributed by atoms with Gasteiger partial charge in [-0.2, -0.15) is 5.10 Å². The van der Waals surface area contributed by atoms with Gasteiger partial charge in [-0.15, -0.1) is 0 Å². The second-order valence-electron chi connectivity index (χ2n) is 6.91. The predicted octanol–water partition coefficient (Wildman–Crippen LogP) is 0.852. The van der Waals surface area contributed by atoms with Gasteiger partial charge in [0.2, 0.25) is 0 Å². The monoisotopic (exact) mass is 376 g/mol. The molecule has 1 saturated heterocycles. The van der Waals surface area contributed by atoms with Gasteiger partial charge in [-0.1, -0.05) is 12.1 Å². The average molecular weight is 376 g/mol. The molecule has 1 aromatic heterocycles. The van der Waals surface area contributed by atoms with Crippen molar-refractivity contribution in [2.75, 3.05) is 25.9 Å². The van der Waals surface area contributed by atoms with Crippen LogP contribution in [0.1, 0.15) is 19.4 Å². The number of hydrogen-bond donors (Lipinski definition) is 1. The standard InChI is InChI=1S/C17H24N6O2S/c1-17(2)11-22(7-8-26(17,24)25)16(18-3)20-10-14-5-4-6-15(9-14)23-13-19-12-21-23/h4-6,9,12-13H,7-8,10-11H2,1-3H3,(H,18,20). The summed E-state index contributed by atoms with van der Waals surface area (Å²) in [5.41, 5.74) is 2.00. The smallest absolute Gasteiger partial charge is 0.193 e. The Morgan fingerprint density at radius 2 is 2.19 bits per heavy atom. The highest BCUT2D eigenvalue weighted by Crippen LogP contribution is 2.23. The maximum absolute atomic E-state index is 12.2. The summed E-state index contributed by atoms with van der Waals surface area (Å²) in [6.45, 7) is 4.99. The van der Waals surface area contributed by atoms with Gasteiger partial charge in [0.1, 0.15) is 12.7 Å². The minimum atomic E-state index is -3.07. The molecule has 9 heteroatoms. The molecule has 0 aliphatic carbocycles. The lowest BCUT2D eigenvalue weighted by Gasteiger charge is -2.39. The Morgan fingerprint density at radius 3 is 2.85 bits per heavy atom. The average Bonchev–Trinajstić information content (AvgIpc) is 3.13. The summed E-state index contributed by atoms with van der Waals surface area (Å²) in [5.74, 6) is 0.849. The molecule has 0 spiro atoms. The van der Waals surface area contributed by atoms with Crippen LogP contribution in [0.25, 0.3) is 5.69 Å². The molecule has 8 nitrogen and oxygen atoms in total. The topological polar surface area (TPSA) is 92.5 Å². The lowest BCUT2D eigenvalue weighted by molar-refractivity contribution is 0.353. The fraction of sp³-hybridized carbons (Fsp3) is 0.471. The van der Waals surface area contributed by atoms with Gasteiger partial charge in [0, 0.05) is 26.7 Å². The molecule has 26 heavy (non-hydrogen) atoms. The van der Waals surface area contributed by atoms with Crippen molar-refractivity contribution in [3.63, 3.8) is 0 Å². The fourth-order valence-electron chi connectivity index (χ4n) is 2.99. The number of benzene rings is 1. The third kappa shape index (κ3) is 3.72. The predicted molar refractivity (Wildman–Crippen MR) is 101 cm³/mol. The largest absolute Gasteiger partial charge is 0.352 e. The Bertz CT molecular complexity index is 890. The van der Waals surface area contributed by atoms with E-state index in [9.17, 15) is 8.42 Å². The van der Waals surface area contributed by atoms with Crippen molar-refractivity contribution in [3.05, 3.63) is 42.5 Å². The highest BCUT2D eigenvalue weighted by Gasteiger charge is 2.40. The maximum Gasteiger partial charge on any atom is 0.193 e. The molecule has 0 atom stereocenters. The first-order chi connectivity index (χ1) is 12.3. The Labute approximate surface area is 153 Å². The zero-order chi connectivity index (χ0) is 18.8. The molecule has 1 aromatic carbocycles. The van der Waals surface area contributed by atoms with E-state index in [1.165, 1.54) is 6.33 Å². The molecule has 0 amide bonds. The van der Waals surface area contributed by atoms with Gasteiger partial charge in [0.15, 0.2) is 15.8 Å². The van der Waals surface area contributed by atoms with Crippen LogP contribution < -0.4 is 5.32 Å². The second kappa shape index (κ2) is 7.06. The summed E-state index contributed by atoms with van der Waals surface area (Å²) in [6, 6.07) is 7.98. The van der Waals surface area contributed by atoms with Crippen LogP contribution in [-0.2, 0) is 16.4 Å². The normalized spacial score (nSPS) is 19.3. The van der Waals surface area contributed by atoms with Crippen molar-refractivity contribution in [1.29, 1.82) is 0 Å². The van der Waals surface area contributed by atoms with Crippen LogP contribution in [0.5, 0.6) is 0 Å². The summed E-state index contributed by atoms with van der Waals surface area (Å²) in [4.78, 5) is 10.3. The molecule has 2 heterocycles. The van der Waals surface area contributed by atoms with Gasteiger partial charge < -0.3 is 10.2 Å². The van der Waals surface area contributed by atoms with Gasteiger partial charge in [0.25, 0.3) is 0 Å². The minimum absolute atomic E-state index is 0.141. The van der Waals surface area contributed by atoms with Crippen LogP contribution in [0.15, 0.2) is 41.9 Å². The molecule has 0 radical (unpaired) electrons. The highest BCUT2D eigenvalue weighted by molar-refractivity contribution is 7.92. The van der Waals surface area contributed by atoms with Crippen LogP contribution in [0.4, 0.5) is 0 Å². The Hall–Kier alpha value is -2.42. The summed E-state index contributed by atoms with van der Waals surface area (Å²) in [5, 5.41) is 7.47. The first-order valence-corrected chi connectivity index (χ1v) is 10.1. The van der Waals surface area contributed by atoms with Crippen molar-refractivity contribution >= 4 is 15.8 Å². The van der Waals surface area contributed by atoms with E-state index in [1.54, 1.807) is 31.9 Å². The molecular formula is C17H24N6O2S. The van der Waals surface area contributed by atoms with E-state index in [1.807, 2.05) is 29.2 Å². The molecule has 1 N–H and O–H groups in total. The van der Waals surface area contributed by atoms with E-state index in [2.05, 4.69) is 20.4 Å². The Morgan fingerprint density at radius 1 is 1.38 bits per heavy atom. The van der Waals surface area contributed by atoms with Gasteiger partial charge in [0.05, 0.1) is 16.2 Å². The summed E-state index contributed by atoms with van der Waals surface area (Å²) in [7, 11) is -1.36. The first-order valence-electron chi connectivity index (χ1n) is 8.44. The number of hydrogen-bond acceptors (Lipinski definition) is 5. The third-order valence-electron chi connectivity index (χ3n) is 4.60. The van der Waals surface area contributed by atoms with E-state index in [0.717, 1.165) is 11.3 Å². The van der Waals surface area contributed by atoms with E-state index in [-0.39, 0.29) is 5.75 Å². The number of rotatable bonds is 3. The number of nitrogens with one attached hydrogen (secondary N) is 1. The fourth-order valence-corrected chi connectivity index (χ4v) is 4.35. The molecule has 0 unspecified atom stereocenters. The molecule has 0 saturated carbocycles. The first kappa shape index (κ1) is 18.4. The lowest BCUT2D eigenvalue weighted by atomic mass is 10.2. The zero-order valence-electron chi connectivity index (χ0n) is 15.3. The molecule has 140 valence electrons. The SMILES string of the molecule is CN=C(NCc1cccc(-n2cncn2)c1)N1CCS(=O)(=O)C(C)(C)C1. The van der Waals surface area contributed by atoms with Crippen molar-refractivity contribution in [1.82, 2.24) is 25.0 Å². The van der Waals surface area contributed by atoms with Crippen molar-refractivity contribution in [3.8, 4) is 5.69 Å². The number of nitrogens with zero attached hydrogens (tertiary/aromatic N) is 5. The van der Waals surface area contributed by atoms with E-state index < -0.39 is 14.6 Å². The summed E-state index contributed by atoms with van der Waals surface area (Å²) in [6.07, 6.45) is 3.15. The molecule has 3 rings (SSSR count). The van der Waals surface area contributed by atoms with Gasteiger partial charge in [-0.3, -0.25) is 4.99 Å². The third-order valence-corrected chi connectivity index (χ3v) is 7.13. The number of guanidine groups is 1. The quantitative estimate of drug-likeness (QED) is 0.631. The number of aliphatic imine (C=N–C) groups is 1.